The quantitative estimate of drug-likeness (QED) is 0.638. The van der Waals surface area contributed by atoms with E-state index < -0.39 is 0 Å². The van der Waals surface area contributed by atoms with Gasteiger partial charge in [0.15, 0.2) is 0 Å². The Hall–Kier alpha value is -3.09. The van der Waals surface area contributed by atoms with Crippen LogP contribution in [-0.2, 0) is 11.8 Å². The van der Waals surface area contributed by atoms with E-state index in [-0.39, 0.29) is 28.5 Å². The van der Waals surface area contributed by atoms with Crippen molar-refractivity contribution in [2.45, 2.75) is 51.0 Å². The van der Waals surface area contributed by atoms with Gasteiger partial charge in [-0.25, -0.2) is 15.0 Å². The fraction of sp³-hybridized carbons (Fsp3) is 0.409. The molecule has 29 heavy (non-hydrogen) atoms. The van der Waals surface area contributed by atoms with E-state index in [2.05, 4.69) is 16.9 Å². The van der Waals surface area contributed by atoms with Gasteiger partial charge < -0.3 is 4.90 Å². The Bertz CT molecular complexity index is 1190. The summed E-state index contributed by atoms with van der Waals surface area (Å²) >= 11 is 0. The highest BCUT2D eigenvalue weighted by molar-refractivity contribution is 5.94. The van der Waals surface area contributed by atoms with Crippen molar-refractivity contribution in [1.82, 2.24) is 24.3 Å². The Morgan fingerprint density at radius 1 is 1.24 bits per heavy atom. The highest BCUT2D eigenvalue weighted by Gasteiger charge is 2.48. The number of amides is 1. The van der Waals surface area contributed by atoms with Crippen LogP contribution in [0.15, 0.2) is 41.6 Å². The monoisotopic (exact) mass is 389 g/mol. The predicted molar refractivity (Wildman–Crippen MR) is 108 cm³/mol. The lowest BCUT2D eigenvalue weighted by atomic mass is 9.65. The van der Waals surface area contributed by atoms with Gasteiger partial charge in [0, 0.05) is 36.6 Å². The summed E-state index contributed by atoms with van der Waals surface area (Å²) in [4.78, 5) is 41.8. The smallest absolute Gasteiger partial charge is 0.270 e. The van der Waals surface area contributed by atoms with E-state index in [0.717, 1.165) is 37.2 Å². The molecule has 7 heteroatoms. The van der Waals surface area contributed by atoms with Gasteiger partial charge in [-0.3, -0.25) is 14.0 Å². The standard InChI is InChI=1S/C22H23N5O2/c1-14-23-12-15-7-8-17-22(2,19(15)25-14)9-5-11-26(17)20(28)16-13-24-18-6-3-4-10-27(18)21(16)29/h3-4,6,10,12-13,17H,5,7-9,11H2,1-2H3/t17?,22-/m1/s1. The fourth-order valence-corrected chi connectivity index (χ4v) is 5.07. The van der Waals surface area contributed by atoms with Crippen molar-refractivity contribution < 1.29 is 4.79 Å². The molecule has 1 aliphatic carbocycles. The maximum absolute atomic E-state index is 13.5. The van der Waals surface area contributed by atoms with Crippen LogP contribution in [0.2, 0.25) is 0 Å². The number of carbonyl (C=O) groups excluding carboxylic acids is 1. The Labute approximate surface area is 168 Å². The van der Waals surface area contributed by atoms with Crippen molar-refractivity contribution in [3.05, 3.63) is 69.8 Å². The minimum atomic E-state index is -0.317. The largest absolute Gasteiger partial charge is 0.334 e. The molecule has 5 rings (SSSR count). The lowest BCUT2D eigenvalue weighted by Crippen LogP contribution is -2.58. The van der Waals surface area contributed by atoms with Gasteiger partial charge in [-0.05, 0) is 50.3 Å². The number of aromatic nitrogens is 4. The third-order valence-corrected chi connectivity index (χ3v) is 6.52. The van der Waals surface area contributed by atoms with Crippen molar-refractivity contribution in [2.24, 2.45) is 0 Å². The molecule has 1 amide bonds. The van der Waals surface area contributed by atoms with Crippen LogP contribution < -0.4 is 5.56 Å². The number of piperidine rings is 1. The van der Waals surface area contributed by atoms with E-state index in [1.54, 1.807) is 18.3 Å². The summed E-state index contributed by atoms with van der Waals surface area (Å²) in [6.45, 7) is 4.75. The molecule has 3 aromatic rings. The maximum Gasteiger partial charge on any atom is 0.270 e. The van der Waals surface area contributed by atoms with E-state index >= 15 is 0 Å². The summed E-state index contributed by atoms with van der Waals surface area (Å²) in [7, 11) is 0. The molecule has 4 heterocycles. The van der Waals surface area contributed by atoms with Crippen LogP contribution in [0.3, 0.4) is 0 Å². The van der Waals surface area contributed by atoms with Gasteiger partial charge in [-0.15, -0.1) is 0 Å². The van der Waals surface area contributed by atoms with Crippen molar-refractivity contribution in [1.29, 1.82) is 0 Å². The molecule has 1 saturated heterocycles. The minimum Gasteiger partial charge on any atom is -0.334 e. The molecular weight excluding hydrogens is 366 g/mol. The van der Waals surface area contributed by atoms with E-state index in [4.69, 9.17) is 4.98 Å². The SMILES string of the molecule is Cc1ncc2c(n1)[C@]1(C)CCCN(C(=O)c3cnc4ccccn4c3=O)C1CC2. The number of carbonyl (C=O) groups is 1. The summed E-state index contributed by atoms with van der Waals surface area (Å²) in [6, 6.07) is 5.36. The lowest BCUT2D eigenvalue weighted by molar-refractivity contribution is 0.0376. The molecule has 1 aliphatic heterocycles. The van der Waals surface area contributed by atoms with Crippen molar-refractivity contribution in [3.8, 4) is 0 Å². The van der Waals surface area contributed by atoms with Crippen LogP contribution >= 0.6 is 0 Å². The van der Waals surface area contributed by atoms with Crippen LogP contribution in [0.1, 0.15) is 53.6 Å². The molecule has 2 aliphatic rings. The van der Waals surface area contributed by atoms with Crippen LogP contribution in [0.25, 0.3) is 5.65 Å². The second-order valence-corrected chi connectivity index (χ2v) is 8.27. The Balaban J connectivity index is 1.57. The number of hydrogen-bond acceptors (Lipinski definition) is 5. The number of pyridine rings is 1. The maximum atomic E-state index is 13.5. The van der Waals surface area contributed by atoms with Crippen LogP contribution in [0.5, 0.6) is 0 Å². The molecule has 0 N–H and O–H groups in total. The third-order valence-electron chi connectivity index (χ3n) is 6.52. The molecule has 7 nitrogen and oxygen atoms in total. The van der Waals surface area contributed by atoms with Crippen molar-refractivity contribution in [3.63, 3.8) is 0 Å². The molecule has 1 fully saturated rings. The fourth-order valence-electron chi connectivity index (χ4n) is 5.07. The Kier molecular flexibility index (Phi) is 4.01. The Morgan fingerprint density at radius 2 is 2.10 bits per heavy atom. The van der Waals surface area contributed by atoms with Gasteiger partial charge in [0.1, 0.15) is 17.0 Å². The van der Waals surface area contributed by atoms with Gasteiger partial charge in [0.05, 0.1) is 5.69 Å². The zero-order chi connectivity index (χ0) is 20.2. The van der Waals surface area contributed by atoms with Gasteiger partial charge in [0.25, 0.3) is 11.5 Å². The van der Waals surface area contributed by atoms with E-state index in [9.17, 15) is 9.59 Å². The number of aryl methyl sites for hydroxylation is 2. The molecule has 0 bridgehead atoms. The zero-order valence-corrected chi connectivity index (χ0v) is 16.6. The average molecular weight is 389 g/mol. The highest BCUT2D eigenvalue weighted by atomic mass is 16.2. The second kappa shape index (κ2) is 6.47. The normalized spacial score (nSPS) is 23.5. The molecule has 0 spiro atoms. The molecule has 0 saturated carbocycles. The lowest BCUT2D eigenvalue weighted by Gasteiger charge is -2.51. The van der Waals surface area contributed by atoms with E-state index in [1.807, 2.05) is 24.1 Å². The van der Waals surface area contributed by atoms with Crippen molar-refractivity contribution in [2.75, 3.05) is 6.54 Å². The van der Waals surface area contributed by atoms with Crippen molar-refractivity contribution >= 4 is 11.6 Å². The molecule has 3 aromatic heterocycles. The molecule has 0 radical (unpaired) electrons. The van der Waals surface area contributed by atoms with E-state index in [0.29, 0.717) is 12.2 Å². The summed E-state index contributed by atoms with van der Waals surface area (Å²) in [6.07, 6.45) is 8.55. The van der Waals surface area contributed by atoms with Gasteiger partial charge in [-0.1, -0.05) is 13.0 Å². The molecule has 148 valence electrons. The first-order valence-electron chi connectivity index (χ1n) is 10.1. The minimum absolute atomic E-state index is 0.0152. The predicted octanol–water partition coefficient (Wildman–Crippen LogP) is 2.30. The highest BCUT2D eigenvalue weighted by Crippen LogP contribution is 2.44. The van der Waals surface area contributed by atoms with Crippen LogP contribution in [-0.4, -0.2) is 42.7 Å². The van der Waals surface area contributed by atoms with Crippen LogP contribution in [0.4, 0.5) is 0 Å². The number of likely N-dealkylation sites (tertiary alicyclic amines) is 1. The van der Waals surface area contributed by atoms with E-state index in [1.165, 1.54) is 16.2 Å². The molecule has 1 unspecified atom stereocenters. The number of fused-ring (bicyclic) bond motifs is 4. The topological polar surface area (TPSA) is 80.5 Å². The summed E-state index contributed by atoms with van der Waals surface area (Å²) in [5.41, 5.74) is 2.36. The molecule has 0 aromatic carbocycles. The summed E-state index contributed by atoms with van der Waals surface area (Å²) in [5.74, 6) is 0.525. The third kappa shape index (κ3) is 2.68. The summed E-state index contributed by atoms with van der Waals surface area (Å²) in [5, 5.41) is 0. The number of hydrogen-bond donors (Lipinski definition) is 0. The van der Waals surface area contributed by atoms with Gasteiger partial charge in [0.2, 0.25) is 0 Å². The zero-order valence-electron chi connectivity index (χ0n) is 16.6. The first kappa shape index (κ1) is 18.0. The second-order valence-electron chi connectivity index (χ2n) is 8.27. The van der Waals surface area contributed by atoms with Gasteiger partial charge >= 0.3 is 0 Å². The first-order valence-corrected chi connectivity index (χ1v) is 10.1. The van der Waals surface area contributed by atoms with Crippen LogP contribution in [0, 0.1) is 6.92 Å². The number of rotatable bonds is 1. The number of nitrogens with zero attached hydrogens (tertiary/aromatic N) is 5. The van der Waals surface area contributed by atoms with Gasteiger partial charge in [-0.2, -0.15) is 0 Å². The first-order chi connectivity index (χ1) is 14.0. The summed E-state index contributed by atoms with van der Waals surface area (Å²) < 4.78 is 1.43. The molecule has 2 atom stereocenters. The Morgan fingerprint density at radius 3 is 2.97 bits per heavy atom. The molecular formula is C22H23N5O2. The average Bonchev–Trinajstić information content (AvgIpc) is 2.73.